The molecule has 2 heterocycles. The highest BCUT2D eigenvalue weighted by atomic mass is 15.0. The summed E-state index contributed by atoms with van der Waals surface area (Å²) >= 11 is 0. The van der Waals surface area contributed by atoms with Gasteiger partial charge in [0.05, 0.1) is 5.52 Å². The van der Waals surface area contributed by atoms with Crippen molar-refractivity contribution in [3.63, 3.8) is 0 Å². The summed E-state index contributed by atoms with van der Waals surface area (Å²) in [5.41, 5.74) is 1.45. The highest BCUT2D eigenvalue weighted by molar-refractivity contribution is 5.80. The van der Waals surface area contributed by atoms with E-state index in [0.717, 1.165) is 31.0 Å². The van der Waals surface area contributed by atoms with Crippen molar-refractivity contribution >= 4 is 16.7 Å². The SMILES string of the molecule is CC1(CNc2ccc3ccccc3n2)CCNCC1. The third-order valence-corrected chi connectivity index (χ3v) is 4.11. The first-order valence-electron chi connectivity index (χ1n) is 7.06. The van der Waals surface area contributed by atoms with Crippen molar-refractivity contribution in [2.45, 2.75) is 19.8 Å². The Morgan fingerprint density at radius 1 is 1.16 bits per heavy atom. The van der Waals surface area contributed by atoms with Gasteiger partial charge in [0.1, 0.15) is 5.82 Å². The molecule has 3 heteroatoms. The van der Waals surface area contributed by atoms with Crippen molar-refractivity contribution in [2.75, 3.05) is 25.0 Å². The van der Waals surface area contributed by atoms with Gasteiger partial charge in [-0.15, -0.1) is 0 Å². The molecule has 3 nitrogen and oxygen atoms in total. The average Bonchev–Trinajstić information content (AvgIpc) is 2.46. The zero-order valence-corrected chi connectivity index (χ0v) is 11.4. The lowest BCUT2D eigenvalue weighted by Crippen LogP contribution is -2.39. The van der Waals surface area contributed by atoms with E-state index in [0.29, 0.717) is 5.41 Å². The van der Waals surface area contributed by atoms with Crippen LogP contribution in [0.1, 0.15) is 19.8 Å². The summed E-state index contributed by atoms with van der Waals surface area (Å²) in [5.74, 6) is 0.985. The zero-order valence-electron chi connectivity index (χ0n) is 11.4. The second-order valence-electron chi connectivity index (χ2n) is 5.80. The average molecular weight is 255 g/mol. The van der Waals surface area contributed by atoms with Crippen LogP contribution in [-0.2, 0) is 0 Å². The van der Waals surface area contributed by atoms with Crippen LogP contribution in [-0.4, -0.2) is 24.6 Å². The number of hydrogen-bond acceptors (Lipinski definition) is 3. The maximum absolute atomic E-state index is 4.66. The first-order chi connectivity index (χ1) is 9.25. The Bertz CT molecular complexity index is 559. The summed E-state index contributed by atoms with van der Waals surface area (Å²) in [6, 6.07) is 12.5. The van der Waals surface area contributed by atoms with E-state index in [-0.39, 0.29) is 0 Å². The summed E-state index contributed by atoms with van der Waals surface area (Å²) in [4.78, 5) is 4.66. The van der Waals surface area contributed by atoms with E-state index in [1.807, 2.05) is 12.1 Å². The fourth-order valence-corrected chi connectivity index (χ4v) is 2.68. The molecule has 19 heavy (non-hydrogen) atoms. The molecule has 1 aliphatic rings. The van der Waals surface area contributed by atoms with Crippen LogP contribution in [0.5, 0.6) is 0 Å². The van der Waals surface area contributed by atoms with Crippen LogP contribution < -0.4 is 10.6 Å². The van der Waals surface area contributed by atoms with Crippen LogP contribution in [0.3, 0.4) is 0 Å². The maximum atomic E-state index is 4.66. The van der Waals surface area contributed by atoms with Gasteiger partial charge in [0.15, 0.2) is 0 Å². The Morgan fingerprint density at radius 3 is 2.79 bits per heavy atom. The van der Waals surface area contributed by atoms with Crippen LogP contribution in [0.15, 0.2) is 36.4 Å². The molecular formula is C16H21N3. The third kappa shape index (κ3) is 2.87. The molecule has 3 rings (SSSR count). The second-order valence-corrected chi connectivity index (χ2v) is 5.80. The number of anilines is 1. The first kappa shape index (κ1) is 12.4. The molecular weight excluding hydrogens is 234 g/mol. The molecule has 1 aliphatic heterocycles. The predicted octanol–water partition coefficient (Wildman–Crippen LogP) is 3.04. The normalized spacial score (nSPS) is 18.4. The number of para-hydroxylation sites is 1. The van der Waals surface area contributed by atoms with Crippen molar-refractivity contribution in [1.82, 2.24) is 10.3 Å². The molecule has 0 unspecified atom stereocenters. The molecule has 1 aromatic heterocycles. The van der Waals surface area contributed by atoms with Gasteiger partial charge in [-0.2, -0.15) is 0 Å². The fourth-order valence-electron chi connectivity index (χ4n) is 2.68. The molecule has 0 spiro atoms. The van der Waals surface area contributed by atoms with Crippen LogP contribution in [0.2, 0.25) is 0 Å². The third-order valence-electron chi connectivity index (χ3n) is 4.11. The molecule has 2 N–H and O–H groups in total. The lowest BCUT2D eigenvalue weighted by atomic mass is 9.81. The van der Waals surface area contributed by atoms with E-state index in [9.17, 15) is 0 Å². The minimum absolute atomic E-state index is 0.387. The molecule has 0 saturated carbocycles. The molecule has 1 saturated heterocycles. The van der Waals surface area contributed by atoms with Crippen molar-refractivity contribution < 1.29 is 0 Å². The fraction of sp³-hybridized carbons (Fsp3) is 0.438. The summed E-state index contributed by atoms with van der Waals surface area (Å²) in [6.45, 7) is 5.62. The number of aromatic nitrogens is 1. The van der Waals surface area contributed by atoms with Gasteiger partial charge >= 0.3 is 0 Å². The maximum Gasteiger partial charge on any atom is 0.126 e. The van der Waals surface area contributed by atoms with Gasteiger partial charge in [0.2, 0.25) is 0 Å². The molecule has 0 bridgehead atoms. The predicted molar refractivity (Wildman–Crippen MR) is 80.4 cm³/mol. The number of pyridine rings is 1. The summed E-state index contributed by atoms with van der Waals surface area (Å²) in [5, 5.41) is 8.12. The van der Waals surface area contributed by atoms with Gasteiger partial charge in [-0.1, -0.05) is 25.1 Å². The lowest BCUT2D eigenvalue weighted by molar-refractivity contribution is 0.247. The van der Waals surface area contributed by atoms with Gasteiger partial charge in [-0.25, -0.2) is 4.98 Å². The number of fused-ring (bicyclic) bond motifs is 1. The minimum Gasteiger partial charge on any atom is -0.370 e. The van der Waals surface area contributed by atoms with Crippen molar-refractivity contribution in [3.8, 4) is 0 Å². The number of benzene rings is 1. The quantitative estimate of drug-likeness (QED) is 0.885. The standard InChI is InChI=1S/C16H21N3/c1-16(8-10-17-11-9-16)12-18-15-7-6-13-4-2-3-5-14(13)19-15/h2-7,17H,8-12H2,1H3,(H,18,19). The van der Waals surface area contributed by atoms with Crippen LogP contribution >= 0.6 is 0 Å². The topological polar surface area (TPSA) is 37.0 Å². The number of rotatable bonds is 3. The van der Waals surface area contributed by atoms with E-state index in [1.165, 1.54) is 18.2 Å². The van der Waals surface area contributed by atoms with Gasteiger partial charge in [-0.05, 0) is 49.5 Å². The highest BCUT2D eigenvalue weighted by Gasteiger charge is 2.26. The molecule has 100 valence electrons. The Hall–Kier alpha value is -1.61. The molecule has 0 amide bonds. The molecule has 0 radical (unpaired) electrons. The smallest absolute Gasteiger partial charge is 0.126 e. The number of nitrogens with one attached hydrogen (secondary N) is 2. The van der Waals surface area contributed by atoms with E-state index in [2.05, 4.69) is 46.8 Å². The minimum atomic E-state index is 0.387. The van der Waals surface area contributed by atoms with Crippen molar-refractivity contribution in [2.24, 2.45) is 5.41 Å². The number of piperidine rings is 1. The Balaban J connectivity index is 1.71. The summed E-state index contributed by atoms with van der Waals surface area (Å²) in [6.07, 6.45) is 2.46. The first-order valence-corrected chi connectivity index (χ1v) is 7.06. The Morgan fingerprint density at radius 2 is 1.95 bits per heavy atom. The van der Waals surface area contributed by atoms with Gasteiger partial charge in [-0.3, -0.25) is 0 Å². The lowest BCUT2D eigenvalue weighted by Gasteiger charge is -2.34. The van der Waals surface area contributed by atoms with Gasteiger partial charge in [0, 0.05) is 11.9 Å². The molecule has 1 fully saturated rings. The van der Waals surface area contributed by atoms with Crippen molar-refractivity contribution in [3.05, 3.63) is 36.4 Å². The van der Waals surface area contributed by atoms with Gasteiger partial charge < -0.3 is 10.6 Å². The van der Waals surface area contributed by atoms with Gasteiger partial charge in [0.25, 0.3) is 0 Å². The summed E-state index contributed by atoms with van der Waals surface area (Å²) in [7, 11) is 0. The summed E-state index contributed by atoms with van der Waals surface area (Å²) < 4.78 is 0. The zero-order chi connectivity index (χ0) is 13.1. The van der Waals surface area contributed by atoms with E-state index in [4.69, 9.17) is 0 Å². The van der Waals surface area contributed by atoms with E-state index < -0.39 is 0 Å². The monoisotopic (exact) mass is 255 g/mol. The molecule has 1 aromatic carbocycles. The highest BCUT2D eigenvalue weighted by Crippen LogP contribution is 2.28. The number of nitrogens with zero attached hydrogens (tertiary/aromatic N) is 1. The molecule has 0 atom stereocenters. The van der Waals surface area contributed by atoms with Crippen LogP contribution in [0, 0.1) is 5.41 Å². The molecule has 2 aromatic rings. The number of hydrogen-bond donors (Lipinski definition) is 2. The molecule has 0 aliphatic carbocycles. The second kappa shape index (κ2) is 5.17. The van der Waals surface area contributed by atoms with Crippen molar-refractivity contribution in [1.29, 1.82) is 0 Å². The largest absolute Gasteiger partial charge is 0.370 e. The van der Waals surface area contributed by atoms with E-state index in [1.54, 1.807) is 0 Å². The van der Waals surface area contributed by atoms with Crippen LogP contribution in [0.25, 0.3) is 10.9 Å². The Kier molecular flexibility index (Phi) is 3.38. The Labute approximate surface area is 114 Å². The van der Waals surface area contributed by atoms with E-state index >= 15 is 0 Å². The van der Waals surface area contributed by atoms with Crippen LogP contribution in [0.4, 0.5) is 5.82 Å².